The van der Waals surface area contributed by atoms with Crippen LogP contribution in [0.1, 0.15) is 11.3 Å². The van der Waals surface area contributed by atoms with Gasteiger partial charge in [0.2, 0.25) is 10.8 Å². The van der Waals surface area contributed by atoms with E-state index in [-0.39, 0.29) is 0 Å². The largest absolute Gasteiger partial charge is 0.461 e. The Labute approximate surface area is 173 Å². The van der Waals surface area contributed by atoms with Gasteiger partial charge in [-0.25, -0.2) is 0 Å². The number of nitrogens with zero attached hydrogens (tertiary/aromatic N) is 4. The molecule has 5 rings (SSSR count). The van der Waals surface area contributed by atoms with E-state index >= 15 is 0 Å². The van der Waals surface area contributed by atoms with Gasteiger partial charge < -0.3 is 8.83 Å². The lowest BCUT2D eigenvalue weighted by atomic mass is 10.1. The van der Waals surface area contributed by atoms with Crippen LogP contribution in [-0.2, 0) is 0 Å². The highest BCUT2D eigenvalue weighted by Crippen LogP contribution is 2.40. The first-order chi connectivity index (χ1) is 13.5. The molecule has 0 saturated heterocycles. The highest BCUT2D eigenvalue weighted by molar-refractivity contribution is 7.19. The van der Waals surface area contributed by atoms with Gasteiger partial charge in [0.1, 0.15) is 11.5 Å². The minimum atomic E-state index is 0.555. The number of hydrogen-bond acceptors (Lipinski definition) is 6. The molecule has 0 atom stereocenters. The first-order valence-electron chi connectivity index (χ1n) is 8.34. The third-order valence-electron chi connectivity index (χ3n) is 4.39. The lowest BCUT2D eigenvalue weighted by Crippen LogP contribution is -1.90. The minimum absolute atomic E-state index is 0.555. The normalized spacial score (nSPS) is 11.6. The van der Waals surface area contributed by atoms with Crippen LogP contribution in [0.3, 0.4) is 0 Å². The monoisotopic (exact) mass is 430 g/mol. The molecule has 0 N–H and O–H groups in total. The molecule has 5 aromatic rings. The highest BCUT2D eigenvalue weighted by atomic mass is 35.5. The fourth-order valence-corrected chi connectivity index (χ4v) is 4.72. The Bertz CT molecular complexity index is 1300. The van der Waals surface area contributed by atoms with Crippen molar-refractivity contribution in [3.05, 3.63) is 58.0 Å². The molecule has 140 valence electrons. The number of rotatable bonds is 3. The molecule has 0 bridgehead atoms. The summed E-state index contributed by atoms with van der Waals surface area (Å²) in [6.45, 7) is 3.90. The standard InChI is InChI=1S/C19H12Cl2N4O2S/c1-9-15(10(2)27-16(9)11-6-12(20)8-13(21)7-11)18-24-25-17(14-4-3-5-26-14)22-23-19(25)28-18/h3-8H,1-2H3. The predicted octanol–water partition coefficient (Wildman–Crippen LogP) is 6.30. The van der Waals surface area contributed by atoms with Crippen molar-refractivity contribution < 1.29 is 8.83 Å². The summed E-state index contributed by atoms with van der Waals surface area (Å²) in [5, 5.41) is 15.0. The molecule has 4 aromatic heterocycles. The molecule has 0 aliphatic heterocycles. The van der Waals surface area contributed by atoms with Gasteiger partial charge in [-0.2, -0.15) is 9.61 Å². The average molecular weight is 431 g/mol. The molecule has 0 aliphatic rings. The third-order valence-corrected chi connectivity index (χ3v) is 5.75. The smallest absolute Gasteiger partial charge is 0.235 e. The number of fused-ring (bicyclic) bond motifs is 1. The van der Waals surface area contributed by atoms with E-state index in [4.69, 9.17) is 37.1 Å². The summed E-state index contributed by atoms with van der Waals surface area (Å²) in [5.74, 6) is 2.64. The van der Waals surface area contributed by atoms with Crippen LogP contribution in [0.25, 0.3) is 38.4 Å². The Kier molecular flexibility index (Phi) is 4.04. The highest BCUT2D eigenvalue weighted by Gasteiger charge is 2.23. The van der Waals surface area contributed by atoms with E-state index < -0.39 is 0 Å². The molecule has 0 spiro atoms. The number of furan rings is 2. The van der Waals surface area contributed by atoms with Crippen LogP contribution in [0, 0.1) is 13.8 Å². The molecule has 0 radical (unpaired) electrons. The molecule has 0 fully saturated rings. The Morgan fingerprint density at radius 2 is 1.86 bits per heavy atom. The van der Waals surface area contributed by atoms with E-state index in [0.717, 1.165) is 27.5 Å². The molecule has 28 heavy (non-hydrogen) atoms. The van der Waals surface area contributed by atoms with E-state index in [9.17, 15) is 0 Å². The lowest BCUT2D eigenvalue weighted by molar-refractivity contribution is 0.548. The zero-order chi connectivity index (χ0) is 19.4. The van der Waals surface area contributed by atoms with Gasteiger partial charge in [0.15, 0.2) is 10.8 Å². The summed E-state index contributed by atoms with van der Waals surface area (Å²) in [7, 11) is 0. The predicted molar refractivity (Wildman–Crippen MR) is 109 cm³/mol. The summed E-state index contributed by atoms with van der Waals surface area (Å²) in [6.07, 6.45) is 1.59. The molecule has 0 unspecified atom stereocenters. The minimum Gasteiger partial charge on any atom is -0.461 e. The van der Waals surface area contributed by atoms with Gasteiger partial charge in [0.25, 0.3) is 0 Å². The first kappa shape index (κ1) is 17.5. The molecule has 9 heteroatoms. The lowest BCUT2D eigenvalue weighted by Gasteiger charge is -2.01. The molecule has 4 heterocycles. The maximum Gasteiger partial charge on any atom is 0.235 e. The maximum atomic E-state index is 6.16. The fourth-order valence-electron chi connectivity index (χ4n) is 3.21. The Balaban J connectivity index is 1.65. The molecular formula is C19H12Cl2N4O2S. The Hall–Kier alpha value is -2.61. The molecule has 0 amide bonds. The second kappa shape index (κ2) is 6.48. The van der Waals surface area contributed by atoms with Gasteiger partial charge >= 0.3 is 0 Å². The van der Waals surface area contributed by atoms with Crippen molar-refractivity contribution in [2.45, 2.75) is 13.8 Å². The van der Waals surface area contributed by atoms with Crippen molar-refractivity contribution in [3.63, 3.8) is 0 Å². The van der Waals surface area contributed by atoms with Crippen LogP contribution >= 0.6 is 34.5 Å². The summed E-state index contributed by atoms with van der Waals surface area (Å²) >= 11 is 13.8. The first-order valence-corrected chi connectivity index (χ1v) is 9.91. The van der Waals surface area contributed by atoms with Crippen LogP contribution in [0.5, 0.6) is 0 Å². The number of aryl methyl sites for hydroxylation is 1. The summed E-state index contributed by atoms with van der Waals surface area (Å²) < 4.78 is 13.2. The zero-order valence-electron chi connectivity index (χ0n) is 14.7. The van der Waals surface area contributed by atoms with Gasteiger partial charge in [-0.3, -0.25) is 0 Å². The molecule has 0 aliphatic carbocycles. The van der Waals surface area contributed by atoms with Gasteiger partial charge in [-0.1, -0.05) is 34.5 Å². The molecule has 1 aromatic carbocycles. The van der Waals surface area contributed by atoms with Gasteiger partial charge in [0, 0.05) is 21.2 Å². The van der Waals surface area contributed by atoms with Crippen molar-refractivity contribution in [3.8, 4) is 33.5 Å². The summed E-state index contributed by atoms with van der Waals surface area (Å²) in [4.78, 5) is 0.675. The molecule has 6 nitrogen and oxygen atoms in total. The summed E-state index contributed by atoms with van der Waals surface area (Å²) in [6, 6.07) is 8.98. The van der Waals surface area contributed by atoms with Gasteiger partial charge in [-0.05, 0) is 44.2 Å². The van der Waals surface area contributed by atoms with Crippen LogP contribution in [0.2, 0.25) is 10.0 Å². The number of halogens is 2. The molecule has 0 saturated carbocycles. The topological polar surface area (TPSA) is 69.4 Å². The van der Waals surface area contributed by atoms with E-state index in [1.165, 1.54) is 11.3 Å². The van der Waals surface area contributed by atoms with Crippen LogP contribution in [-0.4, -0.2) is 19.8 Å². The molecular weight excluding hydrogens is 419 g/mol. The average Bonchev–Trinajstić information content (AvgIpc) is 3.37. The van der Waals surface area contributed by atoms with Crippen LogP contribution in [0.15, 0.2) is 45.4 Å². The zero-order valence-corrected chi connectivity index (χ0v) is 17.1. The Morgan fingerprint density at radius 1 is 1.07 bits per heavy atom. The van der Waals surface area contributed by atoms with Crippen molar-refractivity contribution in [2.75, 3.05) is 0 Å². The second-order valence-corrected chi connectivity index (χ2v) is 8.08. The summed E-state index contributed by atoms with van der Waals surface area (Å²) in [5.41, 5.74) is 2.70. The van der Waals surface area contributed by atoms with Gasteiger partial charge in [-0.15, -0.1) is 10.2 Å². The third kappa shape index (κ3) is 2.74. The van der Waals surface area contributed by atoms with Crippen molar-refractivity contribution in [1.29, 1.82) is 0 Å². The van der Waals surface area contributed by atoms with E-state index in [2.05, 4.69) is 10.2 Å². The van der Waals surface area contributed by atoms with Crippen molar-refractivity contribution in [1.82, 2.24) is 19.8 Å². The second-order valence-electron chi connectivity index (χ2n) is 6.25. The fraction of sp³-hybridized carbons (Fsp3) is 0.105. The number of aromatic nitrogens is 4. The Morgan fingerprint density at radius 3 is 2.57 bits per heavy atom. The van der Waals surface area contributed by atoms with E-state index in [0.29, 0.717) is 32.4 Å². The SMILES string of the molecule is Cc1oc(-c2cc(Cl)cc(Cl)c2)c(C)c1-c1nn2c(-c3ccco3)nnc2s1. The van der Waals surface area contributed by atoms with E-state index in [1.807, 2.05) is 32.0 Å². The van der Waals surface area contributed by atoms with Crippen LogP contribution in [0.4, 0.5) is 0 Å². The van der Waals surface area contributed by atoms with E-state index in [1.54, 1.807) is 22.9 Å². The van der Waals surface area contributed by atoms with Gasteiger partial charge in [0.05, 0.1) is 11.8 Å². The van der Waals surface area contributed by atoms with Crippen molar-refractivity contribution in [2.24, 2.45) is 0 Å². The maximum absolute atomic E-state index is 6.16. The number of benzene rings is 1. The van der Waals surface area contributed by atoms with Crippen molar-refractivity contribution >= 4 is 39.5 Å². The number of hydrogen-bond donors (Lipinski definition) is 0. The quantitative estimate of drug-likeness (QED) is 0.336. The van der Waals surface area contributed by atoms with Crippen LogP contribution < -0.4 is 0 Å².